The molecule has 0 aromatic heterocycles. The number of hydrogen-bond acceptors (Lipinski definition) is 36. The van der Waals surface area contributed by atoms with Crippen LogP contribution in [0, 0.1) is 5.41 Å². The Morgan fingerprint density at radius 2 is 0.272 bits per heavy atom. The molecule has 0 rings (SSSR count). The summed E-state index contributed by atoms with van der Waals surface area (Å²) in [6.45, 7) is -11.7. The zero-order chi connectivity index (χ0) is 81.3. The minimum Gasteiger partial charge on any atom is -0.481 e. The van der Waals surface area contributed by atoms with Crippen LogP contribution in [0.4, 0.5) is 0 Å². The minimum atomic E-state index is -1.79. The highest BCUT2D eigenvalue weighted by Gasteiger charge is 2.37. The molecule has 0 heterocycles. The van der Waals surface area contributed by atoms with Gasteiger partial charge in [0.25, 0.3) is 0 Å². The first-order chi connectivity index (χ1) is 52.0. The fraction of sp³-hybridized carbons (Fsp3) is 0.802. The van der Waals surface area contributed by atoms with Crippen LogP contribution in [0.25, 0.3) is 0 Å². The van der Waals surface area contributed by atoms with E-state index in [9.17, 15) is 76.7 Å². The maximum absolute atomic E-state index is 12.3. The third kappa shape index (κ3) is 104. The molecule has 752 valence electrons. The number of hydrogen-bond donors (Lipinski definition) is 8. The summed E-state index contributed by atoms with van der Waals surface area (Å²) < 4.78 is 114. The zero-order valence-corrected chi connectivity index (χ0v) is 60.2. The number of carboxylic acids is 8. The molecule has 0 saturated carbocycles. The van der Waals surface area contributed by atoms with Crippen LogP contribution in [0.15, 0.2) is 0 Å². The van der Waals surface area contributed by atoms with Gasteiger partial charge in [-0.05, 0) is 0 Å². The molecule has 125 heavy (non-hydrogen) atoms. The molecule has 0 aliphatic rings. The van der Waals surface area contributed by atoms with Crippen LogP contribution in [0.5, 0.6) is 0 Å². The fourth-order valence-electron chi connectivity index (χ4n) is 7.69. The highest BCUT2D eigenvalue weighted by Crippen LogP contribution is 2.25. The molecule has 0 atom stereocenters. The highest BCUT2D eigenvalue weighted by molar-refractivity contribution is 5.80. The molecule has 44 heteroatoms. The molecule has 0 bridgehead atoms. The van der Waals surface area contributed by atoms with E-state index in [0.717, 1.165) is 0 Å². The normalized spacial score (nSPS) is 9.82. The van der Waals surface area contributed by atoms with Crippen molar-refractivity contribution in [2.75, 3.05) is 185 Å². The molecule has 0 unspecified atom stereocenters. The van der Waals surface area contributed by atoms with E-state index in [4.69, 9.17) is 136 Å². The molecule has 0 aliphatic heterocycles. The van der Waals surface area contributed by atoms with E-state index in [1.54, 1.807) is 0 Å². The lowest BCUT2D eigenvalue weighted by atomic mass is 9.91. The average molecular weight is 1840 g/mol. The van der Waals surface area contributed by atoms with Crippen molar-refractivity contribution in [3.63, 3.8) is 0 Å². The predicted molar refractivity (Wildman–Crippen MR) is 458 cm³/mol. The molecule has 0 aromatic rings. The van der Waals surface area contributed by atoms with Crippen molar-refractivity contribution in [2.45, 2.75) is 246 Å². The van der Waals surface area contributed by atoms with Crippen LogP contribution in [0.2, 0.25) is 0 Å². The Balaban J connectivity index is -0.000000486. The molecule has 44 nitrogen and oxygen atoms in total. The van der Waals surface area contributed by atoms with Gasteiger partial charge in [-0.2, -0.15) is 0 Å². The number of aliphatic carboxylic acids is 8. The van der Waals surface area contributed by atoms with Crippen molar-refractivity contribution in [1.82, 2.24) is 0 Å². The van der Waals surface area contributed by atoms with Gasteiger partial charge in [-0.25, -0.2) is 0 Å². The Kier molecular flexibility index (Phi) is 128. The first-order valence-corrected chi connectivity index (χ1v) is 34.1. The van der Waals surface area contributed by atoms with Crippen LogP contribution in [-0.4, -0.2) is 346 Å². The smallest absolute Gasteiger partial charge is 0.306 e. The van der Waals surface area contributed by atoms with Gasteiger partial charge in [0, 0.05) is 0 Å². The van der Waals surface area contributed by atoms with Crippen LogP contribution in [0.1, 0.15) is 222 Å². The van der Waals surface area contributed by atoms with Gasteiger partial charge in [0.1, 0.15) is 77.3 Å². The maximum atomic E-state index is 12.3. The summed E-state index contributed by atoms with van der Waals surface area (Å²) in [6, 6.07) is 0. The lowest BCUT2D eigenvalue weighted by Crippen LogP contribution is -2.48. The minimum absolute atomic E-state index is 0. The van der Waals surface area contributed by atoms with Crippen LogP contribution < -0.4 is 0 Å². The number of carbonyl (C=O) groups is 16. The van der Waals surface area contributed by atoms with Crippen molar-refractivity contribution in [3.05, 3.63) is 0 Å². The van der Waals surface area contributed by atoms with Crippen LogP contribution in [-0.2, 0) is 171 Å². The van der Waals surface area contributed by atoms with E-state index >= 15 is 0 Å². The van der Waals surface area contributed by atoms with Crippen molar-refractivity contribution in [3.8, 4) is 0 Å². The van der Waals surface area contributed by atoms with Gasteiger partial charge in [-0.15, -0.1) is 0 Å². The van der Waals surface area contributed by atoms with Crippen molar-refractivity contribution in [2.24, 2.45) is 5.41 Å². The zero-order valence-electron chi connectivity index (χ0n) is 60.2. The summed E-state index contributed by atoms with van der Waals surface area (Å²) in [4.78, 5) is 187. The third-order valence-electron chi connectivity index (χ3n) is 13.2. The number of carboxylic acid groups (broad SMARTS) is 8. The molecular formula is C81H164O44. The van der Waals surface area contributed by atoms with E-state index in [0.29, 0.717) is 0 Å². The number of ether oxygens (including phenoxy) is 20. The summed E-state index contributed by atoms with van der Waals surface area (Å²) in [5.41, 5.74) is -1.79. The van der Waals surface area contributed by atoms with Crippen LogP contribution >= 0.6 is 0 Å². The molecule has 8 N–H and O–H groups in total. The molecular weight excluding hydrogens is 1680 g/mol. The summed E-state index contributed by atoms with van der Waals surface area (Å²) in [6.07, 6.45) is -13.1. The number of carbonyl (C=O) groups excluding carboxylic acids is 8. The van der Waals surface area contributed by atoms with Gasteiger partial charge >= 0.3 is 95.5 Å². The second-order valence-corrected chi connectivity index (χ2v) is 22.7. The second-order valence-electron chi connectivity index (χ2n) is 22.7. The Labute approximate surface area is 741 Å². The summed E-state index contributed by atoms with van der Waals surface area (Å²) in [5, 5.41) is 72.3. The first-order valence-electron chi connectivity index (χ1n) is 34.1. The quantitative estimate of drug-likeness (QED) is 0.0160. The Hall–Kier alpha value is -8.96. The Morgan fingerprint density at radius 1 is 0.168 bits per heavy atom. The van der Waals surface area contributed by atoms with Gasteiger partial charge in [0.2, 0.25) is 0 Å². The second kappa shape index (κ2) is 102. The molecule has 0 amide bonds. The first kappa shape index (κ1) is 157. The molecule has 0 aromatic carbocycles. The maximum Gasteiger partial charge on any atom is 0.306 e. The third-order valence-corrected chi connectivity index (χ3v) is 13.2. The van der Waals surface area contributed by atoms with Crippen molar-refractivity contribution in [1.29, 1.82) is 0 Å². The molecule has 0 spiro atoms. The van der Waals surface area contributed by atoms with Gasteiger partial charge < -0.3 is 136 Å². The Bertz CT molecular complexity index is 2190. The summed E-state index contributed by atoms with van der Waals surface area (Å²) in [7, 11) is 0. The average Bonchev–Trinajstić information content (AvgIpc) is 0.844. The SMILES string of the molecule is C.C.C.C.C.C.C.C.C.C.C.C.C.C.C.C.O=C(O)CCC(=O)OCCOCC(COCCOC(=O)CCC(=O)O)OCC(COC(COCCOC(=O)CCC(=O)O)COCCOC(=O)CCC(=O)O)(COC(COCCOC(=O)CCC(=O)O)COCCOC(=O)CCC(=O)O)COC(COCCOC(=O)CCC(=O)O)COCCOC(=O)CCC(=O)O. The summed E-state index contributed by atoms with van der Waals surface area (Å²) >= 11 is 0. The largest absolute Gasteiger partial charge is 0.481 e. The monoisotopic (exact) mass is 1840 g/mol. The molecule has 0 radical (unpaired) electrons. The topological polar surface area (TPSA) is 620 Å². The standard InChI is InChI=1S/C65H100O44.16CH4/c66-49(67)1-9-57(82)98-25-17-90-33-45(34-91-18-26-99-58(83)10-2-50(68)69)106-41-65(42-107-46(35-92-19-27-100-59(84)11-3-51(70)71)36-93-20-28-101-60(85)12-4-52(72)73,43-108-47(37-94-21-29-102-61(86)13-5-53(74)75)38-95-22-30-103-62(87)14-6-54(76)77)44-109-48(39-96-23-31-104-63(88)15-7-55(78)79)40-97-24-32-105-64(89)16-8-56(80)81;;;;;;;;;;;;;;;;/h45-48H,1-44H2,(H,66,67)(H,68,69)(H,70,71)(H,72,73)(H,74,75)(H,76,77)(H,78,79)(H,80,81);16*1H4. The molecule has 0 aliphatic carbocycles. The van der Waals surface area contributed by atoms with Crippen molar-refractivity contribution < 1.29 is 212 Å². The lowest BCUT2D eigenvalue weighted by molar-refractivity contribution is -0.185. The number of esters is 8. The summed E-state index contributed by atoms with van der Waals surface area (Å²) in [5.74, 6) is -17.2. The van der Waals surface area contributed by atoms with E-state index in [-0.39, 0.29) is 172 Å². The molecule has 0 fully saturated rings. The van der Waals surface area contributed by atoms with E-state index in [1.165, 1.54) is 0 Å². The van der Waals surface area contributed by atoms with Crippen LogP contribution in [0.3, 0.4) is 0 Å². The predicted octanol–water partition coefficient (Wildman–Crippen LogP) is 9.09. The number of rotatable bonds is 76. The lowest BCUT2D eigenvalue weighted by Gasteiger charge is -2.37. The van der Waals surface area contributed by atoms with Crippen molar-refractivity contribution >= 4 is 95.5 Å². The van der Waals surface area contributed by atoms with Gasteiger partial charge in [-0.1, -0.05) is 119 Å². The van der Waals surface area contributed by atoms with Gasteiger partial charge in [-0.3, -0.25) is 76.7 Å². The fourth-order valence-corrected chi connectivity index (χ4v) is 7.69. The highest BCUT2D eigenvalue weighted by atomic mass is 16.6. The van der Waals surface area contributed by atoms with Gasteiger partial charge in [0.05, 0.1) is 240 Å². The molecule has 0 saturated heterocycles. The van der Waals surface area contributed by atoms with E-state index in [1.807, 2.05) is 0 Å². The van der Waals surface area contributed by atoms with Gasteiger partial charge in [0.15, 0.2) is 0 Å². The Morgan fingerprint density at radius 3 is 0.368 bits per heavy atom. The van der Waals surface area contributed by atoms with E-state index < -0.39 is 360 Å². The van der Waals surface area contributed by atoms with E-state index in [2.05, 4.69) is 0 Å².